The monoisotopic (exact) mass is 480 g/mol. The number of aromatic nitrogens is 2. The molecule has 3 N–H and O–H groups in total. The van der Waals surface area contributed by atoms with Crippen molar-refractivity contribution in [3.8, 4) is 11.5 Å². The molecule has 3 heterocycles. The minimum Gasteiger partial charge on any atom is -0.493 e. The van der Waals surface area contributed by atoms with Crippen molar-refractivity contribution in [2.75, 3.05) is 24.9 Å². The van der Waals surface area contributed by atoms with Crippen molar-refractivity contribution in [3.63, 3.8) is 0 Å². The van der Waals surface area contributed by atoms with Gasteiger partial charge in [-0.2, -0.15) is 18.3 Å². The predicted molar refractivity (Wildman–Crippen MR) is 115 cm³/mol. The van der Waals surface area contributed by atoms with Crippen molar-refractivity contribution < 1.29 is 37.0 Å². The quantitative estimate of drug-likeness (QED) is 0.478. The number of hydrogen-bond acceptors (Lipinski definition) is 7. The van der Waals surface area contributed by atoms with Crippen molar-refractivity contribution >= 4 is 17.4 Å². The van der Waals surface area contributed by atoms with Crippen molar-refractivity contribution in [2.45, 2.75) is 37.7 Å². The van der Waals surface area contributed by atoms with Crippen LogP contribution in [-0.2, 0) is 0 Å². The highest BCUT2D eigenvalue weighted by molar-refractivity contribution is 6.04. The Kier molecular flexibility index (Phi) is 6.17. The molecule has 1 amide bonds. The van der Waals surface area contributed by atoms with Crippen LogP contribution >= 0.6 is 0 Å². The number of carbonyl (C=O) groups is 1. The van der Waals surface area contributed by atoms with Gasteiger partial charge in [-0.3, -0.25) is 4.79 Å². The van der Waals surface area contributed by atoms with Gasteiger partial charge in [-0.1, -0.05) is 0 Å². The average molecular weight is 480 g/mol. The van der Waals surface area contributed by atoms with Crippen LogP contribution in [0.25, 0.3) is 0 Å². The third kappa shape index (κ3) is 4.40. The molecule has 3 atom stereocenters. The summed E-state index contributed by atoms with van der Waals surface area (Å²) in [6, 6.07) is 4.69. The maximum Gasteiger partial charge on any atom is 0.410 e. The smallest absolute Gasteiger partial charge is 0.410 e. The first-order valence-corrected chi connectivity index (χ1v) is 10.3. The fourth-order valence-electron chi connectivity index (χ4n) is 3.90. The first-order chi connectivity index (χ1) is 16.1. The number of methoxy groups -OCH3 is 2. The molecule has 9 nitrogen and oxygen atoms in total. The molecule has 3 aromatic rings. The summed E-state index contributed by atoms with van der Waals surface area (Å²) in [5.74, 6) is 0.262. The van der Waals surface area contributed by atoms with Crippen molar-refractivity contribution in [2.24, 2.45) is 0 Å². The van der Waals surface area contributed by atoms with E-state index in [1.165, 1.54) is 45.6 Å². The third-order valence-corrected chi connectivity index (χ3v) is 5.56. The van der Waals surface area contributed by atoms with Gasteiger partial charge in [0.2, 0.25) is 0 Å². The minimum atomic E-state index is -4.59. The first kappa shape index (κ1) is 23.5. The van der Waals surface area contributed by atoms with Crippen molar-refractivity contribution in [1.29, 1.82) is 0 Å². The van der Waals surface area contributed by atoms with Crippen LogP contribution in [0.1, 0.15) is 53.3 Å². The Morgan fingerprint density at radius 1 is 1.29 bits per heavy atom. The van der Waals surface area contributed by atoms with E-state index in [1.54, 1.807) is 12.1 Å². The summed E-state index contributed by atoms with van der Waals surface area (Å²) in [6.45, 7) is 1.50. The first-order valence-electron chi connectivity index (χ1n) is 10.3. The number of ether oxygens (including phenoxy) is 2. The molecule has 0 saturated carbocycles. The van der Waals surface area contributed by atoms with Gasteiger partial charge >= 0.3 is 6.18 Å². The number of halogens is 3. The number of alkyl halides is 3. The molecule has 0 unspecified atom stereocenters. The highest BCUT2D eigenvalue weighted by Gasteiger charge is 2.47. The third-order valence-electron chi connectivity index (χ3n) is 5.56. The highest BCUT2D eigenvalue weighted by Crippen LogP contribution is 2.44. The molecule has 0 bridgehead atoms. The Hall–Kier alpha value is -3.67. The molecule has 12 heteroatoms. The van der Waals surface area contributed by atoms with Crippen LogP contribution in [-0.4, -0.2) is 41.2 Å². The Labute approximate surface area is 192 Å². The van der Waals surface area contributed by atoms with E-state index in [4.69, 9.17) is 13.9 Å². The molecule has 1 aromatic carbocycles. The zero-order valence-electron chi connectivity index (χ0n) is 18.5. The van der Waals surface area contributed by atoms with Gasteiger partial charge in [0.15, 0.2) is 23.2 Å². The largest absolute Gasteiger partial charge is 0.493 e. The lowest BCUT2D eigenvalue weighted by Gasteiger charge is -2.32. The Balaban J connectivity index is 1.67. The second-order valence-electron chi connectivity index (χ2n) is 7.79. The van der Waals surface area contributed by atoms with Gasteiger partial charge < -0.3 is 29.6 Å². The van der Waals surface area contributed by atoms with E-state index < -0.39 is 30.3 Å². The van der Waals surface area contributed by atoms with Crippen LogP contribution in [0.15, 0.2) is 41.0 Å². The number of aliphatic hydroxyl groups excluding tert-OH is 1. The summed E-state index contributed by atoms with van der Waals surface area (Å²) in [5, 5.41) is 19.6. The van der Waals surface area contributed by atoms with Crippen LogP contribution in [0.2, 0.25) is 0 Å². The molecular formula is C22H23F3N4O5. The molecular weight excluding hydrogens is 457 g/mol. The number of rotatable bonds is 6. The van der Waals surface area contributed by atoms with Crippen molar-refractivity contribution in [3.05, 3.63) is 53.6 Å². The molecule has 0 fully saturated rings. The van der Waals surface area contributed by atoms with Crippen molar-refractivity contribution in [1.82, 2.24) is 9.78 Å². The number of nitrogens with one attached hydrogen (secondary N) is 2. The Bertz CT molecular complexity index is 1170. The van der Waals surface area contributed by atoms with E-state index in [-0.39, 0.29) is 23.6 Å². The summed E-state index contributed by atoms with van der Waals surface area (Å²) in [4.78, 5) is 13.0. The maximum absolute atomic E-state index is 13.8. The Morgan fingerprint density at radius 2 is 2.00 bits per heavy atom. The molecule has 0 radical (unpaired) electrons. The SMILES string of the molecule is COc1cc(NC(=O)c2cc3n(n2)[C@@H](C(F)(F)F)C[C@H](c2ccco2)N3)c([C@@H](C)O)cc1OC. The lowest BCUT2D eigenvalue weighted by atomic mass is 10.0. The molecule has 0 spiro atoms. The van der Waals surface area contributed by atoms with E-state index in [0.717, 1.165) is 4.68 Å². The van der Waals surface area contributed by atoms with E-state index in [1.807, 2.05) is 0 Å². The van der Waals surface area contributed by atoms with Gasteiger partial charge in [-0.15, -0.1) is 0 Å². The number of anilines is 2. The summed E-state index contributed by atoms with van der Waals surface area (Å²) >= 11 is 0. The summed E-state index contributed by atoms with van der Waals surface area (Å²) in [5.41, 5.74) is 0.305. The Morgan fingerprint density at radius 3 is 2.59 bits per heavy atom. The second-order valence-corrected chi connectivity index (χ2v) is 7.79. The number of aliphatic hydroxyl groups is 1. The second kappa shape index (κ2) is 8.93. The van der Waals surface area contributed by atoms with Crippen LogP contribution in [0.4, 0.5) is 24.7 Å². The van der Waals surface area contributed by atoms with Gasteiger partial charge in [0.25, 0.3) is 5.91 Å². The fourth-order valence-corrected chi connectivity index (χ4v) is 3.90. The maximum atomic E-state index is 13.8. The minimum absolute atomic E-state index is 0.0307. The van der Waals surface area contributed by atoms with E-state index in [9.17, 15) is 23.1 Å². The number of nitrogens with zero attached hydrogens (tertiary/aromatic N) is 2. The van der Waals surface area contributed by atoms with E-state index in [2.05, 4.69) is 15.7 Å². The number of benzene rings is 1. The average Bonchev–Trinajstić information content (AvgIpc) is 3.47. The van der Waals surface area contributed by atoms with Gasteiger partial charge in [0.05, 0.1) is 38.3 Å². The van der Waals surface area contributed by atoms with Crippen LogP contribution < -0.4 is 20.1 Å². The molecule has 1 aliphatic rings. The lowest BCUT2D eigenvalue weighted by molar-refractivity contribution is -0.174. The summed E-state index contributed by atoms with van der Waals surface area (Å²) in [6.07, 6.45) is -4.54. The molecule has 4 rings (SSSR count). The zero-order valence-corrected chi connectivity index (χ0v) is 18.5. The molecule has 0 aliphatic carbocycles. The van der Waals surface area contributed by atoms with Gasteiger partial charge in [-0.05, 0) is 25.1 Å². The number of carbonyl (C=O) groups excluding carboxylic acids is 1. The van der Waals surface area contributed by atoms with Crippen LogP contribution in [0, 0.1) is 0 Å². The topological polar surface area (TPSA) is 111 Å². The zero-order chi connectivity index (χ0) is 24.6. The molecule has 34 heavy (non-hydrogen) atoms. The van der Waals surface area contributed by atoms with E-state index >= 15 is 0 Å². The standard InChI is InChI=1S/C22H23F3N4O5/c1-11(30)12-7-17(32-2)18(33-3)8-13(12)27-21(31)15-10-20-26-14(16-5-4-6-34-16)9-19(22(23,24)25)29(20)28-15/h4-8,10-11,14,19,26,30H,9H2,1-3H3,(H,27,31)/t11-,14-,19-/m1/s1. The van der Waals surface area contributed by atoms with Gasteiger partial charge in [0, 0.05) is 24.1 Å². The van der Waals surface area contributed by atoms with E-state index in [0.29, 0.717) is 22.8 Å². The molecule has 2 aromatic heterocycles. The number of furan rings is 1. The lowest BCUT2D eigenvalue weighted by Crippen LogP contribution is -2.35. The molecule has 182 valence electrons. The normalized spacial score (nSPS) is 18.6. The fraction of sp³-hybridized carbons (Fsp3) is 0.364. The van der Waals surface area contributed by atoms with Gasteiger partial charge in [-0.25, -0.2) is 4.68 Å². The highest BCUT2D eigenvalue weighted by atomic mass is 19.4. The molecule has 0 saturated heterocycles. The number of hydrogen-bond donors (Lipinski definition) is 3. The number of fused-ring (bicyclic) bond motifs is 1. The summed E-state index contributed by atoms with van der Waals surface area (Å²) in [7, 11) is 2.84. The molecule has 1 aliphatic heterocycles. The van der Waals surface area contributed by atoms with Crippen LogP contribution in [0.5, 0.6) is 11.5 Å². The predicted octanol–water partition coefficient (Wildman–Crippen LogP) is 4.46. The number of amides is 1. The van der Waals surface area contributed by atoms with Crippen LogP contribution in [0.3, 0.4) is 0 Å². The summed E-state index contributed by atoms with van der Waals surface area (Å²) < 4.78 is 57.9. The van der Waals surface area contributed by atoms with Gasteiger partial charge in [0.1, 0.15) is 11.6 Å².